The predicted molar refractivity (Wildman–Crippen MR) is 87.4 cm³/mol. The van der Waals surface area contributed by atoms with Crippen molar-refractivity contribution in [3.05, 3.63) is 29.3 Å². The fraction of sp³-hybridized carbons (Fsp3) is 0.611. The van der Waals surface area contributed by atoms with Gasteiger partial charge in [0.1, 0.15) is 5.75 Å². The Labute approximate surface area is 133 Å². The van der Waals surface area contributed by atoms with Crippen LogP contribution in [0.15, 0.2) is 18.2 Å². The van der Waals surface area contributed by atoms with Gasteiger partial charge in [-0.3, -0.25) is 4.79 Å². The Morgan fingerprint density at radius 2 is 1.91 bits per heavy atom. The summed E-state index contributed by atoms with van der Waals surface area (Å²) in [6, 6.07) is 6.67. The van der Waals surface area contributed by atoms with Gasteiger partial charge in [0.15, 0.2) is 0 Å². The zero-order valence-corrected chi connectivity index (χ0v) is 13.8. The van der Waals surface area contributed by atoms with E-state index < -0.39 is 0 Å². The van der Waals surface area contributed by atoms with Crippen molar-refractivity contribution in [2.24, 2.45) is 0 Å². The summed E-state index contributed by atoms with van der Waals surface area (Å²) in [6.07, 6.45) is 4.70. The van der Waals surface area contributed by atoms with Gasteiger partial charge in [-0.1, -0.05) is 6.07 Å². The number of likely N-dealkylation sites (tertiary alicyclic amines) is 2. The molecule has 0 radical (unpaired) electrons. The molecule has 2 heterocycles. The summed E-state index contributed by atoms with van der Waals surface area (Å²) in [5, 5.41) is 0. The van der Waals surface area contributed by atoms with Gasteiger partial charge in [-0.15, -0.1) is 0 Å². The van der Waals surface area contributed by atoms with Crippen LogP contribution in [-0.2, 0) is 0 Å². The first-order chi connectivity index (χ1) is 10.6. The third-order valence-electron chi connectivity index (χ3n) is 5.24. The molecule has 0 spiro atoms. The normalized spacial score (nSPS) is 25.7. The van der Waals surface area contributed by atoms with E-state index in [4.69, 9.17) is 4.74 Å². The quantitative estimate of drug-likeness (QED) is 0.860. The van der Waals surface area contributed by atoms with E-state index in [1.54, 1.807) is 7.11 Å². The van der Waals surface area contributed by atoms with Crippen LogP contribution in [0, 0.1) is 6.92 Å². The third kappa shape index (κ3) is 2.72. The van der Waals surface area contributed by atoms with E-state index in [-0.39, 0.29) is 5.91 Å². The van der Waals surface area contributed by atoms with Gasteiger partial charge in [0.25, 0.3) is 5.91 Å². The molecule has 0 saturated carbocycles. The summed E-state index contributed by atoms with van der Waals surface area (Å²) in [5.41, 5.74) is 1.81. The maximum Gasteiger partial charge on any atom is 0.254 e. The summed E-state index contributed by atoms with van der Waals surface area (Å²) in [7, 11) is 3.84. The first-order valence-corrected chi connectivity index (χ1v) is 8.27. The summed E-state index contributed by atoms with van der Waals surface area (Å²) in [5.74, 6) is 0.945. The molecule has 22 heavy (non-hydrogen) atoms. The van der Waals surface area contributed by atoms with E-state index in [2.05, 4.69) is 16.8 Å². The number of rotatable bonds is 3. The number of carbonyl (C=O) groups excluding carboxylic acids is 1. The molecule has 1 aromatic rings. The molecule has 0 aliphatic carbocycles. The van der Waals surface area contributed by atoms with E-state index in [0.29, 0.717) is 12.1 Å². The van der Waals surface area contributed by atoms with Crippen LogP contribution in [0.1, 0.15) is 41.6 Å². The van der Waals surface area contributed by atoms with Crippen LogP contribution in [0.5, 0.6) is 5.75 Å². The van der Waals surface area contributed by atoms with Crippen molar-refractivity contribution in [1.82, 2.24) is 9.80 Å². The second kappa shape index (κ2) is 6.29. The molecule has 0 bridgehead atoms. The standard InChI is InChI=1S/C18H26N2O2/c1-13-8-9-14(12-17(13)22-3)18(21)20-11-5-7-16(20)15-6-4-10-19(15)2/h8-9,12,15-16H,4-7,10-11H2,1-3H3/t15-,16+/m0/s1. The number of carbonyl (C=O) groups is 1. The topological polar surface area (TPSA) is 32.8 Å². The van der Waals surface area contributed by atoms with Crippen molar-refractivity contribution in [2.45, 2.75) is 44.7 Å². The van der Waals surface area contributed by atoms with Crippen LogP contribution in [0.2, 0.25) is 0 Å². The highest BCUT2D eigenvalue weighted by Crippen LogP contribution is 2.30. The fourth-order valence-electron chi connectivity index (χ4n) is 3.99. The molecular weight excluding hydrogens is 276 g/mol. The van der Waals surface area contributed by atoms with Crippen LogP contribution in [-0.4, -0.2) is 55.0 Å². The molecule has 2 atom stereocenters. The average molecular weight is 302 g/mol. The Morgan fingerprint density at radius 3 is 2.59 bits per heavy atom. The van der Waals surface area contributed by atoms with E-state index in [1.165, 1.54) is 12.8 Å². The van der Waals surface area contributed by atoms with Crippen LogP contribution in [0.25, 0.3) is 0 Å². The number of likely N-dealkylation sites (N-methyl/N-ethyl adjacent to an activating group) is 1. The van der Waals surface area contributed by atoms with E-state index in [1.807, 2.05) is 25.1 Å². The van der Waals surface area contributed by atoms with Crippen LogP contribution in [0.4, 0.5) is 0 Å². The van der Waals surface area contributed by atoms with Crippen LogP contribution in [0.3, 0.4) is 0 Å². The lowest BCUT2D eigenvalue weighted by atomic mass is 10.0. The van der Waals surface area contributed by atoms with Gasteiger partial charge in [-0.2, -0.15) is 0 Å². The minimum Gasteiger partial charge on any atom is -0.496 e. The highest BCUT2D eigenvalue weighted by atomic mass is 16.5. The molecule has 4 nitrogen and oxygen atoms in total. The van der Waals surface area contributed by atoms with Gasteiger partial charge in [0.05, 0.1) is 7.11 Å². The Morgan fingerprint density at radius 1 is 1.18 bits per heavy atom. The molecule has 0 N–H and O–H groups in total. The molecular formula is C18H26N2O2. The summed E-state index contributed by atoms with van der Waals surface area (Å²) < 4.78 is 5.36. The summed E-state index contributed by atoms with van der Waals surface area (Å²) >= 11 is 0. The molecule has 2 saturated heterocycles. The zero-order valence-electron chi connectivity index (χ0n) is 13.8. The molecule has 120 valence electrons. The lowest BCUT2D eigenvalue weighted by Gasteiger charge is -2.33. The van der Waals surface area contributed by atoms with E-state index >= 15 is 0 Å². The van der Waals surface area contributed by atoms with Gasteiger partial charge >= 0.3 is 0 Å². The summed E-state index contributed by atoms with van der Waals surface area (Å²) in [6.45, 7) is 4.03. The van der Waals surface area contributed by atoms with Gasteiger partial charge in [-0.05, 0) is 63.9 Å². The van der Waals surface area contributed by atoms with Crippen molar-refractivity contribution >= 4 is 5.91 Å². The number of aryl methyl sites for hydroxylation is 1. The number of nitrogens with zero attached hydrogens (tertiary/aromatic N) is 2. The van der Waals surface area contributed by atoms with Gasteiger partial charge in [0.2, 0.25) is 0 Å². The lowest BCUT2D eigenvalue weighted by molar-refractivity contribution is 0.0664. The summed E-state index contributed by atoms with van der Waals surface area (Å²) in [4.78, 5) is 17.5. The molecule has 0 unspecified atom stereocenters. The number of hydrogen-bond acceptors (Lipinski definition) is 3. The Kier molecular flexibility index (Phi) is 4.39. The number of benzene rings is 1. The van der Waals surface area contributed by atoms with Crippen molar-refractivity contribution in [3.63, 3.8) is 0 Å². The average Bonchev–Trinajstić information content (AvgIpc) is 3.15. The first-order valence-electron chi connectivity index (χ1n) is 8.27. The highest BCUT2D eigenvalue weighted by molar-refractivity contribution is 5.95. The Hall–Kier alpha value is -1.55. The minimum atomic E-state index is 0.154. The van der Waals surface area contributed by atoms with Crippen LogP contribution >= 0.6 is 0 Å². The molecule has 1 aromatic carbocycles. The molecule has 1 amide bonds. The lowest BCUT2D eigenvalue weighted by Crippen LogP contribution is -2.47. The molecule has 2 fully saturated rings. The second-order valence-electron chi connectivity index (χ2n) is 6.58. The zero-order chi connectivity index (χ0) is 15.7. The van der Waals surface area contributed by atoms with Crippen molar-refractivity contribution < 1.29 is 9.53 Å². The Balaban J connectivity index is 1.81. The smallest absolute Gasteiger partial charge is 0.254 e. The van der Waals surface area contributed by atoms with Crippen molar-refractivity contribution in [3.8, 4) is 5.75 Å². The predicted octanol–water partition coefficient (Wildman–Crippen LogP) is 2.70. The van der Waals surface area contributed by atoms with Gasteiger partial charge in [-0.25, -0.2) is 0 Å². The van der Waals surface area contributed by atoms with Gasteiger partial charge < -0.3 is 14.5 Å². The monoisotopic (exact) mass is 302 g/mol. The maximum atomic E-state index is 13.0. The fourth-order valence-corrected chi connectivity index (χ4v) is 3.99. The molecule has 3 rings (SSSR count). The second-order valence-corrected chi connectivity index (χ2v) is 6.58. The SMILES string of the molecule is COc1cc(C(=O)N2CCC[C@@H]2[C@@H]2CCCN2C)ccc1C. The molecule has 4 heteroatoms. The molecule has 2 aliphatic rings. The molecule has 0 aromatic heterocycles. The molecule has 2 aliphatic heterocycles. The van der Waals surface area contributed by atoms with Crippen LogP contribution < -0.4 is 4.74 Å². The maximum absolute atomic E-state index is 13.0. The first kappa shape index (κ1) is 15.3. The number of methoxy groups -OCH3 is 1. The number of hydrogen-bond donors (Lipinski definition) is 0. The highest BCUT2D eigenvalue weighted by Gasteiger charge is 2.38. The third-order valence-corrected chi connectivity index (χ3v) is 5.24. The van der Waals surface area contributed by atoms with Gasteiger partial charge in [0, 0.05) is 24.2 Å². The van der Waals surface area contributed by atoms with Crippen molar-refractivity contribution in [1.29, 1.82) is 0 Å². The van der Waals surface area contributed by atoms with E-state index in [0.717, 1.165) is 42.8 Å². The Bertz CT molecular complexity index is 558. The minimum absolute atomic E-state index is 0.154. The number of ether oxygens (including phenoxy) is 1. The van der Waals surface area contributed by atoms with Crippen molar-refractivity contribution in [2.75, 3.05) is 27.2 Å². The van der Waals surface area contributed by atoms with E-state index in [9.17, 15) is 4.79 Å². The largest absolute Gasteiger partial charge is 0.496 e. The number of amides is 1.